The first kappa shape index (κ1) is 25.4. The monoisotopic (exact) mass is 645 g/mol. The second-order valence-corrected chi connectivity index (χ2v) is 11.4. The molecule has 41 heavy (non-hydrogen) atoms. The molecule has 0 saturated heterocycles. The van der Waals surface area contributed by atoms with E-state index in [0.29, 0.717) is 29.0 Å². The van der Waals surface area contributed by atoms with Crippen LogP contribution in [-0.4, -0.2) is 29.9 Å². The van der Waals surface area contributed by atoms with Gasteiger partial charge in [-0.1, -0.05) is 50.2 Å². The number of aromatic nitrogens is 6. The SMILES string of the molecule is CC1(C)c2ccccc2N(c2ccc(-c3nc(-c4ncccn4)nc(-c4ncccc4I)n3)cc2)c2ccccc21. The summed E-state index contributed by atoms with van der Waals surface area (Å²) in [5.41, 5.74) is 7.45. The predicted molar refractivity (Wildman–Crippen MR) is 169 cm³/mol. The maximum absolute atomic E-state index is 4.83. The third-order valence-corrected chi connectivity index (χ3v) is 8.26. The van der Waals surface area contributed by atoms with Crippen LogP contribution in [0.4, 0.5) is 17.1 Å². The smallest absolute Gasteiger partial charge is 0.201 e. The van der Waals surface area contributed by atoms with Gasteiger partial charge in [0.2, 0.25) is 5.82 Å². The summed E-state index contributed by atoms with van der Waals surface area (Å²) in [7, 11) is 0. The van der Waals surface area contributed by atoms with Crippen LogP contribution in [0.25, 0.3) is 34.6 Å². The number of fused-ring (bicyclic) bond motifs is 2. The Morgan fingerprint density at radius 3 is 1.80 bits per heavy atom. The van der Waals surface area contributed by atoms with Gasteiger partial charge in [-0.05, 0) is 88.3 Å². The molecule has 0 radical (unpaired) electrons. The van der Waals surface area contributed by atoms with Gasteiger partial charge in [0.1, 0.15) is 5.69 Å². The maximum atomic E-state index is 4.83. The highest BCUT2D eigenvalue weighted by Crippen LogP contribution is 2.51. The zero-order valence-electron chi connectivity index (χ0n) is 22.4. The van der Waals surface area contributed by atoms with Crippen molar-refractivity contribution in [1.82, 2.24) is 29.9 Å². The van der Waals surface area contributed by atoms with Crippen molar-refractivity contribution in [3.63, 3.8) is 0 Å². The van der Waals surface area contributed by atoms with Gasteiger partial charge in [0.25, 0.3) is 0 Å². The Balaban J connectivity index is 1.35. The number of para-hydroxylation sites is 2. The Morgan fingerprint density at radius 1 is 0.561 bits per heavy atom. The number of hydrogen-bond acceptors (Lipinski definition) is 7. The van der Waals surface area contributed by atoms with E-state index in [4.69, 9.17) is 15.0 Å². The fraction of sp³-hybridized carbons (Fsp3) is 0.0909. The van der Waals surface area contributed by atoms with Crippen LogP contribution < -0.4 is 4.90 Å². The fourth-order valence-corrected chi connectivity index (χ4v) is 5.97. The lowest BCUT2D eigenvalue weighted by atomic mass is 9.73. The zero-order valence-corrected chi connectivity index (χ0v) is 24.6. The van der Waals surface area contributed by atoms with E-state index in [1.165, 1.54) is 22.5 Å². The van der Waals surface area contributed by atoms with Crippen molar-refractivity contribution in [2.45, 2.75) is 19.3 Å². The van der Waals surface area contributed by atoms with Gasteiger partial charge in [-0.2, -0.15) is 0 Å². The number of benzene rings is 3. The summed E-state index contributed by atoms with van der Waals surface area (Å²) < 4.78 is 0.947. The third-order valence-electron chi connectivity index (χ3n) is 7.39. The molecule has 3 aromatic heterocycles. The van der Waals surface area contributed by atoms with Crippen molar-refractivity contribution < 1.29 is 0 Å². The molecule has 0 aliphatic carbocycles. The van der Waals surface area contributed by atoms with E-state index in [9.17, 15) is 0 Å². The summed E-state index contributed by atoms with van der Waals surface area (Å²) in [5, 5.41) is 0. The molecule has 0 atom stereocenters. The molecule has 0 amide bonds. The molecule has 1 aliphatic rings. The van der Waals surface area contributed by atoms with Crippen molar-refractivity contribution >= 4 is 39.7 Å². The molecule has 0 bridgehead atoms. The molecule has 8 heteroatoms. The molecular weight excluding hydrogens is 621 g/mol. The number of nitrogens with zero attached hydrogens (tertiary/aromatic N) is 7. The van der Waals surface area contributed by atoms with Crippen LogP contribution in [0.5, 0.6) is 0 Å². The molecule has 7 nitrogen and oxygen atoms in total. The van der Waals surface area contributed by atoms with E-state index in [-0.39, 0.29) is 5.41 Å². The summed E-state index contributed by atoms with van der Waals surface area (Å²) in [6.07, 6.45) is 5.10. The number of pyridine rings is 1. The Bertz CT molecular complexity index is 1840. The van der Waals surface area contributed by atoms with Crippen LogP contribution in [0, 0.1) is 3.57 Å². The van der Waals surface area contributed by atoms with Gasteiger partial charge in [-0.25, -0.2) is 24.9 Å². The van der Waals surface area contributed by atoms with Crippen molar-refractivity contribution in [1.29, 1.82) is 0 Å². The number of rotatable bonds is 4. The van der Waals surface area contributed by atoms with E-state index >= 15 is 0 Å². The fourth-order valence-electron chi connectivity index (χ4n) is 5.38. The third kappa shape index (κ3) is 4.44. The van der Waals surface area contributed by atoms with Gasteiger partial charge in [-0.15, -0.1) is 0 Å². The molecule has 0 spiro atoms. The van der Waals surface area contributed by atoms with Gasteiger partial charge >= 0.3 is 0 Å². The first-order valence-corrected chi connectivity index (χ1v) is 14.3. The van der Waals surface area contributed by atoms with Gasteiger partial charge in [0.15, 0.2) is 17.5 Å². The normalized spacial score (nSPS) is 13.4. The second kappa shape index (κ2) is 10.1. The first-order valence-electron chi connectivity index (χ1n) is 13.2. The Kier molecular flexibility index (Phi) is 6.27. The Hall–Kier alpha value is -4.57. The average molecular weight is 646 g/mol. The topological polar surface area (TPSA) is 80.6 Å². The van der Waals surface area contributed by atoms with Crippen molar-refractivity contribution in [2.24, 2.45) is 0 Å². The summed E-state index contributed by atoms with van der Waals surface area (Å²) in [4.78, 5) is 29.9. The quantitative estimate of drug-likeness (QED) is 0.181. The second-order valence-electron chi connectivity index (χ2n) is 10.3. The standard InChI is InChI=1S/C33H24IN7/c1-33(2)23-9-3-5-12-26(23)41(27-13-6-4-10-24(27)33)22-16-14-21(15-17-22)29-38-30(28-25(34)11-7-18-35-28)40-32(39-29)31-36-19-8-20-37-31/h3-20H,1-2H3. The summed E-state index contributed by atoms with van der Waals surface area (Å²) in [5.74, 6) is 1.85. The van der Waals surface area contributed by atoms with Crippen molar-refractivity contribution in [3.05, 3.63) is 124 Å². The van der Waals surface area contributed by atoms with Crippen LogP contribution in [-0.2, 0) is 5.41 Å². The average Bonchev–Trinajstić information content (AvgIpc) is 3.02. The van der Waals surface area contributed by atoms with E-state index in [0.717, 1.165) is 14.8 Å². The molecule has 7 rings (SSSR count). The lowest BCUT2D eigenvalue weighted by Gasteiger charge is -2.42. The molecule has 1 aliphatic heterocycles. The minimum atomic E-state index is -0.107. The molecule has 0 saturated carbocycles. The van der Waals surface area contributed by atoms with Gasteiger partial charge in [-0.3, -0.25) is 4.98 Å². The highest BCUT2D eigenvalue weighted by Gasteiger charge is 2.36. The molecular formula is C33H24IN7. The maximum Gasteiger partial charge on any atom is 0.201 e. The highest BCUT2D eigenvalue weighted by molar-refractivity contribution is 14.1. The molecule has 198 valence electrons. The van der Waals surface area contributed by atoms with E-state index in [2.05, 4.69) is 129 Å². The lowest BCUT2D eigenvalue weighted by Crippen LogP contribution is -2.30. The molecule has 6 aromatic rings. The van der Waals surface area contributed by atoms with Crippen LogP contribution >= 0.6 is 22.6 Å². The molecule has 0 fully saturated rings. The summed E-state index contributed by atoms with van der Waals surface area (Å²) in [6.45, 7) is 4.58. The predicted octanol–water partition coefficient (Wildman–Crippen LogP) is 7.77. The van der Waals surface area contributed by atoms with Crippen LogP contribution in [0.1, 0.15) is 25.0 Å². The summed E-state index contributed by atoms with van der Waals surface area (Å²) in [6, 6.07) is 31.3. The van der Waals surface area contributed by atoms with Crippen molar-refractivity contribution in [2.75, 3.05) is 4.90 Å². The number of halogens is 1. The van der Waals surface area contributed by atoms with Crippen molar-refractivity contribution in [3.8, 4) is 34.6 Å². The summed E-state index contributed by atoms with van der Waals surface area (Å²) >= 11 is 2.25. The van der Waals surface area contributed by atoms with E-state index < -0.39 is 0 Å². The molecule has 3 aromatic carbocycles. The molecule has 4 heterocycles. The first-order chi connectivity index (χ1) is 20.0. The van der Waals surface area contributed by atoms with Crippen LogP contribution in [0.2, 0.25) is 0 Å². The minimum absolute atomic E-state index is 0.107. The molecule has 0 N–H and O–H groups in total. The van der Waals surface area contributed by atoms with Gasteiger partial charge in [0.05, 0.1) is 11.4 Å². The zero-order chi connectivity index (χ0) is 28.0. The largest absolute Gasteiger partial charge is 0.310 e. The van der Waals surface area contributed by atoms with Crippen LogP contribution in [0.3, 0.4) is 0 Å². The highest BCUT2D eigenvalue weighted by atomic mass is 127. The van der Waals surface area contributed by atoms with E-state index in [1.54, 1.807) is 24.7 Å². The van der Waals surface area contributed by atoms with Gasteiger partial charge < -0.3 is 4.90 Å². The molecule has 0 unspecified atom stereocenters. The van der Waals surface area contributed by atoms with Crippen LogP contribution in [0.15, 0.2) is 110 Å². The Labute approximate surface area is 251 Å². The minimum Gasteiger partial charge on any atom is -0.310 e. The number of hydrogen-bond donors (Lipinski definition) is 0. The Morgan fingerprint density at radius 2 is 1.15 bits per heavy atom. The van der Waals surface area contributed by atoms with E-state index in [1.807, 2.05) is 12.1 Å². The lowest BCUT2D eigenvalue weighted by molar-refractivity contribution is 0.632. The van der Waals surface area contributed by atoms with Gasteiger partial charge in [0, 0.05) is 38.8 Å². The number of anilines is 3.